The van der Waals surface area contributed by atoms with Crippen LogP contribution >= 0.6 is 0 Å². The summed E-state index contributed by atoms with van der Waals surface area (Å²) in [5.41, 5.74) is 0. The smallest absolute Gasteiger partial charge is 0.307 e. The second-order valence-corrected chi connectivity index (χ2v) is 6.11. The van der Waals surface area contributed by atoms with Gasteiger partial charge in [-0.15, -0.1) is 0 Å². The first-order chi connectivity index (χ1) is 9.60. The highest BCUT2D eigenvalue weighted by atomic mass is 16.5. The highest BCUT2D eigenvalue weighted by molar-refractivity contribution is 5.71. The van der Waals surface area contributed by atoms with E-state index in [2.05, 4.69) is 17.1 Å². The third-order valence-corrected chi connectivity index (χ3v) is 4.45. The van der Waals surface area contributed by atoms with E-state index in [0.717, 1.165) is 19.3 Å². The molecule has 20 heavy (non-hydrogen) atoms. The standard InChI is InChI=1S/C14H20N2O4/c1-7-5-9(10(6-7)14(17)18)13-15-12(16-20-13)11(19-2)8-3-4-8/h7-11H,3-6H2,1-2H3,(H,17,18). The van der Waals surface area contributed by atoms with E-state index in [1.807, 2.05) is 0 Å². The maximum atomic E-state index is 11.3. The number of nitrogens with zero attached hydrogens (tertiary/aromatic N) is 2. The Kier molecular flexibility index (Phi) is 3.50. The Morgan fingerprint density at radius 2 is 2.20 bits per heavy atom. The Bertz CT molecular complexity index is 497. The SMILES string of the molecule is COC(c1noc(C2CC(C)CC2C(=O)O)n1)C1CC1. The third kappa shape index (κ3) is 2.44. The number of aliphatic carboxylic acids is 1. The molecule has 1 N–H and O–H groups in total. The fraction of sp³-hybridized carbons (Fsp3) is 0.786. The van der Waals surface area contributed by atoms with E-state index in [1.54, 1.807) is 7.11 Å². The zero-order valence-corrected chi connectivity index (χ0v) is 11.8. The van der Waals surface area contributed by atoms with Crippen LogP contribution in [0.25, 0.3) is 0 Å². The highest BCUT2D eigenvalue weighted by Gasteiger charge is 2.42. The molecule has 6 nitrogen and oxygen atoms in total. The molecule has 1 aromatic heterocycles. The van der Waals surface area contributed by atoms with E-state index in [-0.39, 0.29) is 12.0 Å². The van der Waals surface area contributed by atoms with Gasteiger partial charge in [0.15, 0.2) is 0 Å². The minimum atomic E-state index is -0.774. The molecule has 2 saturated carbocycles. The monoisotopic (exact) mass is 280 g/mol. The summed E-state index contributed by atoms with van der Waals surface area (Å²) in [5, 5.41) is 13.3. The van der Waals surface area contributed by atoms with Gasteiger partial charge in [-0.2, -0.15) is 4.98 Å². The Hall–Kier alpha value is -1.43. The Labute approximate surface area is 117 Å². The fourth-order valence-corrected chi connectivity index (χ4v) is 3.26. The number of carbonyl (C=O) groups is 1. The number of rotatable bonds is 5. The molecular formula is C14H20N2O4. The van der Waals surface area contributed by atoms with Crippen molar-refractivity contribution in [3.8, 4) is 0 Å². The molecule has 0 spiro atoms. The lowest BCUT2D eigenvalue weighted by Gasteiger charge is -2.11. The van der Waals surface area contributed by atoms with Crippen molar-refractivity contribution >= 4 is 5.97 Å². The van der Waals surface area contributed by atoms with Crippen LogP contribution in [0.4, 0.5) is 0 Å². The zero-order chi connectivity index (χ0) is 14.3. The first-order valence-electron chi connectivity index (χ1n) is 7.19. The Balaban J connectivity index is 1.80. The van der Waals surface area contributed by atoms with Crippen LogP contribution < -0.4 is 0 Å². The van der Waals surface area contributed by atoms with Gasteiger partial charge >= 0.3 is 5.97 Å². The molecule has 4 atom stereocenters. The molecule has 2 aliphatic rings. The molecule has 0 amide bonds. The van der Waals surface area contributed by atoms with Crippen molar-refractivity contribution in [3.63, 3.8) is 0 Å². The summed E-state index contributed by atoms with van der Waals surface area (Å²) in [7, 11) is 1.65. The molecule has 0 aromatic carbocycles. The van der Waals surface area contributed by atoms with Crippen LogP contribution in [0.2, 0.25) is 0 Å². The van der Waals surface area contributed by atoms with Gasteiger partial charge in [0, 0.05) is 7.11 Å². The van der Waals surface area contributed by atoms with Crippen LogP contribution in [0.15, 0.2) is 4.52 Å². The minimum absolute atomic E-state index is 0.116. The van der Waals surface area contributed by atoms with Crippen molar-refractivity contribution in [3.05, 3.63) is 11.7 Å². The van der Waals surface area contributed by atoms with E-state index in [0.29, 0.717) is 30.0 Å². The van der Waals surface area contributed by atoms with Crippen molar-refractivity contribution < 1.29 is 19.2 Å². The van der Waals surface area contributed by atoms with Gasteiger partial charge in [-0.25, -0.2) is 0 Å². The van der Waals surface area contributed by atoms with E-state index in [9.17, 15) is 9.90 Å². The topological polar surface area (TPSA) is 85.5 Å². The number of aromatic nitrogens is 2. The quantitative estimate of drug-likeness (QED) is 0.891. The maximum absolute atomic E-state index is 11.3. The van der Waals surface area contributed by atoms with E-state index >= 15 is 0 Å². The lowest BCUT2D eigenvalue weighted by Crippen LogP contribution is -2.17. The van der Waals surface area contributed by atoms with Crippen molar-refractivity contribution in [1.29, 1.82) is 0 Å². The molecule has 1 heterocycles. The van der Waals surface area contributed by atoms with Crippen molar-refractivity contribution in [1.82, 2.24) is 10.1 Å². The Morgan fingerprint density at radius 3 is 2.80 bits per heavy atom. The average Bonchev–Trinajstić information content (AvgIpc) is 2.98. The molecule has 6 heteroatoms. The molecule has 1 aromatic rings. The van der Waals surface area contributed by atoms with Gasteiger partial charge in [0.25, 0.3) is 0 Å². The van der Waals surface area contributed by atoms with E-state index in [4.69, 9.17) is 9.26 Å². The molecule has 0 saturated heterocycles. The third-order valence-electron chi connectivity index (χ3n) is 4.45. The largest absolute Gasteiger partial charge is 0.481 e. The summed E-state index contributed by atoms with van der Waals surface area (Å²) in [6, 6.07) is 0. The van der Waals surface area contributed by atoms with Crippen molar-refractivity contribution in [2.24, 2.45) is 17.8 Å². The summed E-state index contributed by atoms with van der Waals surface area (Å²) in [6.45, 7) is 2.06. The van der Waals surface area contributed by atoms with Crippen LogP contribution in [-0.4, -0.2) is 28.3 Å². The molecular weight excluding hydrogens is 260 g/mol. The summed E-state index contributed by atoms with van der Waals surface area (Å²) in [6.07, 6.45) is 3.60. The van der Waals surface area contributed by atoms with Crippen molar-refractivity contribution in [2.75, 3.05) is 7.11 Å². The summed E-state index contributed by atoms with van der Waals surface area (Å²) >= 11 is 0. The molecule has 2 aliphatic carbocycles. The molecule has 0 aliphatic heterocycles. The molecule has 0 radical (unpaired) electrons. The number of carboxylic acid groups (broad SMARTS) is 1. The molecule has 2 fully saturated rings. The van der Waals surface area contributed by atoms with Crippen LogP contribution in [-0.2, 0) is 9.53 Å². The molecule has 3 rings (SSSR count). The lowest BCUT2D eigenvalue weighted by molar-refractivity contribution is -0.142. The van der Waals surface area contributed by atoms with Gasteiger partial charge in [0.2, 0.25) is 11.7 Å². The number of hydrogen-bond acceptors (Lipinski definition) is 5. The van der Waals surface area contributed by atoms with Crippen LogP contribution in [0.5, 0.6) is 0 Å². The van der Waals surface area contributed by atoms with Gasteiger partial charge in [0.1, 0.15) is 6.10 Å². The minimum Gasteiger partial charge on any atom is -0.481 e. The summed E-state index contributed by atoms with van der Waals surface area (Å²) in [4.78, 5) is 15.8. The van der Waals surface area contributed by atoms with Crippen LogP contribution in [0, 0.1) is 17.8 Å². The normalized spacial score (nSPS) is 31.4. The lowest BCUT2D eigenvalue weighted by atomic mass is 9.96. The number of hydrogen-bond donors (Lipinski definition) is 1. The maximum Gasteiger partial charge on any atom is 0.307 e. The first kappa shape index (κ1) is 13.5. The zero-order valence-electron chi connectivity index (χ0n) is 11.8. The number of ether oxygens (including phenoxy) is 1. The first-order valence-corrected chi connectivity index (χ1v) is 7.19. The predicted octanol–water partition coefficient (Wildman–Crippen LogP) is 2.38. The van der Waals surface area contributed by atoms with E-state index in [1.165, 1.54) is 0 Å². The second-order valence-electron chi connectivity index (χ2n) is 6.11. The van der Waals surface area contributed by atoms with Crippen molar-refractivity contribution in [2.45, 2.75) is 44.6 Å². The van der Waals surface area contributed by atoms with Crippen LogP contribution in [0.3, 0.4) is 0 Å². The van der Waals surface area contributed by atoms with Gasteiger partial charge in [-0.05, 0) is 37.5 Å². The average molecular weight is 280 g/mol. The highest BCUT2D eigenvalue weighted by Crippen LogP contribution is 2.45. The summed E-state index contributed by atoms with van der Waals surface area (Å²) in [5.74, 6) is 0.514. The van der Waals surface area contributed by atoms with Gasteiger partial charge in [-0.3, -0.25) is 4.79 Å². The number of carboxylic acids is 1. The summed E-state index contributed by atoms with van der Waals surface area (Å²) < 4.78 is 10.8. The van der Waals surface area contributed by atoms with E-state index < -0.39 is 11.9 Å². The van der Waals surface area contributed by atoms with Crippen LogP contribution in [0.1, 0.15) is 56.3 Å². The number of methoxy groups -OCH3 is 1. The predicted molar refractivity (Wildman–Crippen MR) is 69.0 cm³/mol. The van der Waals surface area contributed by atoms with Gasteiger partial charge in [-0.1, -0.05) is 12.1 Å². The fourth-order valence-electron chi connectivity index (χ4n) is 3.26. The molecule has 110 valence electrons. The Morgan fingerprint density at radius 1 is 1.45 bits per heavy atom. The van der Waals surface area contributed by atoms with Gasteiger partial charge < -0.3 is 14.4 Å². The molecule has 0 bridgehead atoms. The second kappa shape index (κ2) is 5.16. The molecule has 4 unspecified atom stereocenters. The van der Waals surface area contributed by atoms with Gasteiger partial charge in [0.05, 0.1) is 11.8 Å².